The lowest BCUT2D eigenvalue weighted by Crippen LogP contribution is -2.32. The third-order valence-corrected chi connectivity index (χ3v) is 4.39. The molecular weight excluding hydrogens is 248 g/mol. The second kappa shape index (κ2) is 4.84. The number of aryl methyl sites for hydroxylation is 1. The summed E-state index contributed by atoms with van der Waals surface area (Å²) >= 11 is 1.69. The molecule has 1 fully saturated rings. The number of nitrogens with zero attached hydrogens (tertiary/aromatic N) is 2. The van der Waals surface area contributed by atoms with Crippen LogP contribution in [0.3, 0.4) is 0 Å². The lowest BCUT2D eigenvalue weighted by Gasteiger charge is -2.19. The molecule has 18 heavy (non-hydrogen) atoms. The van der Waals surface area contributed by atoms with Gasteiger partial charge in [-0.1, -0.05) is 23.5 Å². The Hall–Kier alpha value is -1.17. The molecule has 1 aromatic carbocycles. The minimum atomic E-state index is -0.430. The van der Waals surface area contributed by atoms with Crippen LogP contribution in [0, 0.1) is 6.92 Å². The number of aliphatic hydroxyl groups is 1. The van der Waals surface area contributed by atoms with Crippen molar-refractivity contribution in [3.8, 4) is 0 Å². The van der Waals surface area contributed by atoms with E-state index in [1.807, 2.05) is 12.1 Å². The van der Waals surface area contributed by atoms with Gasteiger partial charge in [-0.15, -0.1) is 0 Å². The minimum Gasteiger partial charge on any atom is -0.389 e. The monoisotopic (exact) mass is 264 g/mol. The SMILES string of the molecule is Cc1cccc2nc(N3CCOC[C@@H](O)C3)sc12. The maximum Gasteiger partial charge on any atom is 0.186 e. The lowest BCUT2D eigenvalue weighted by molar-refractivity contribution is 0.0597. The van der Waals surface area contributed by atoms with Crippen LogP contribution in [0.2, 0.25) is 0 Å². The van der Waals surface area contributed by atoms with Crippen LogP contribution in [0.5, 0.6) is 0 Å². The van der Waals surface area contributed by atoms with Crippen molar-refractivity contribution in [2.75, 3.05) is 31.2 Å². The van der Waals surface area contributed by atoms with Crippen molar-refractivity contribution in [1.82, 2.24) is 4.98 Å². The van der Waals surface area contributed by atoms with Crippen molar-refractivity contribution >= 4 is 26.7 Å². The quantitative estimate of drug-likeness (QED) is 0.853. The Morgan fingerprint density at radius 1 is 1.50 bits per heavy atom. The normalized spacial score (nSPS) is 21.2. The van der Waals surface area contributed by atoms with Gasteiger partial charge in [-0.05, 0) is 18.6 Å². The summed E-state index contributed by atoms with van der Waals surface area (Å²) in [6.07, 6.45) is -0.430. The molecule has 1 atom stereocenters. The Kier molecular flexibility index (Phi) is 3.20. The van der Waals surface area contributed by atoms with Gasteiger partial charge in [-0.2, -0.15) is 0 Å². The van der Waals surface area contributed by atoms with Crippen molar-refractivity contribution in [2.45, 2.75) is 13.0 Å². The van der Waals surface area contributed by atoms with Crippen LogP contribution < -0.4 is 4.90 Å². The van der Waals surface area contributed by atoms with Crippen LogP contribution in [0.4, 0.5) is 5.13 Å². The molecule has 3 rings (SSSR count). The molecule has 1 aliphatic heterocycles. The fourth-order valence-corrected chi connectivity index (χ4v) is 3.25. The molecule has 4 nitrogen and oxygen atoms in total. The first-order valence-corrected chi connectivity index (χ1v) is 6.92. The van der Waals surface area contributed by atoms with Crippen molar-refractivity contribution < 1.29 is 9.84 Å². The second-order valence-electron chi connectivity index (χ2n) is 4.59. The molecule has 0 spiro atoms. The molecule has 2 aromatic rings. The van der Waals surface area contributed by atoms with Crippen LogP contribution in [-0.2, 0) is 4.74 Å². The summed E-state index contributed by atoms with van der Waals surface area (Å²) in [4.78, 5) is 6.76. The summed E-state index contributed by atoms with van der Waals surface area (Å²) in [5.41, 5.74) is 2.29. The van der Waals surface area contributed by atoms with Gasteiger partial charge in [0.1, 0.15) is 0 Å². The van der Waals surface area contributed by atoms with E-state index in [2.05, 4.69) is 22.9 Å². The van der Waals surface area contributed by atoms with Gasteiger partial charge < -0.3 is 14.7 Å². The number of hydrogen-bond acceptors (Lipinski definition) is 5. The summed E-state index contributed by atoms with van der Waals surface area (Å²) in [7, 11) is 0. The molecule has 96 valence electrons. The van der Waals surface area contributed by atoms with Gasteiger partial charge in [0.15, 0.2) is 5.13 Å². The molecule has 0 radical (unpaired) electrons. The molecule has 0 saturated carbocycles. The van der Waals surface area contributed by atoms with E-state index < -0.39 is 6.10 Å². The predicted octanol–water partition coefficient (Wildman–Crippen LogP) is 1.80. The Morgan fingerprint density at radius 2 is 2.39 bits per heavy atom. The molecule has 0 amide bonds. The number of fused-ring (bicyclic) bond motifs is 1. The number of thiazole rings is 1. The van der Waals surface area contributed by atoms with E-state index in [0.29, 0.717) is 19.8 Å². The van der Waals surface area contributed by atoms with E-state index in [4.69, 9.17) is 4.74 Å². The average molecular weight is 264 g/mol. The standard InChI is InChI=1S/C13H16N2O2S/c1-9-3-2-4-11-12(9)18-13(14-11)15-5-6-17-8-10(16)7-15/h2-4,10,16H,5-8H2,1H3/t10-/m0/s1. The Balaban J connectivity index is 1.95. The van der Waals surface area contributed by atoms with Gasteiger partial charge in [0.2, 0.25) is 0 Å². The zero-order chi connectivity index (χ0) is 12.5. The first-order chi connectivity index (χ1) is 8.74. The van der Waals surface area contributed by atoms with E-state index in [9.17, 15) is 5.11 Å². The van der Waals surface area contributed by atoms with Crippen molar-refractivity contribution in [3.63, 3.8) is 0 Å². The first kappa shape index (κ1) is 11.9. The fourth-order valence-electron chi connectivity index (χ4n) is 2.18. The van der Waals surface area contributed by atoms with Crippen LogP contribution >= 0.6 is 11.3 Å². The van der Waals surface area contributed by atoms with Crippen molar-refractivity contribution in [3.05, 3.63) is 23.8 Å². The third-order valence-electron chi connectivity index (χ3n) is 3.12. The average Bonchev–Trinajstić information content (AvgIpc) is 2.67. The molecule has 0 unspecified atom stereocenters. The zero-order valence-electron chi connectivity index (χ0n) is 10.3. The minimum absolute atomic E-state index is 0.417. The van der Waals surface area contributed by atoms with E-state index in [1.165, 1.54) is 10.3 Å². The maximum absolute atomic E-state index is 9.76. The molecule has 2 heterocycles. The van der Waals surface area contributed by atoms with Gasteiger partial charge in [0, 0.05) is 13.1 Å². The van der Waals surface area contributed by atoms with E-state index >= 15 is 0 Å². The summed E-state index contributed by atoms with van der Waals surface area (Å²) < 4.78 is 6.57. The number of aromatic nitrogens is 1. The fraction of sp³-hybridized carbons (Fsp3) is 0.462. The van der Waals surface area contributed by atoms with E-state index in [1.54, 1.807) is 11.3 Å². The number of hydrogen-bond donors (Lipinski definition) is 1. The number of aliphatic hydroxyl groups excluding tert-OH is 1. The molecule has 0 aliphatic carbocycles. The topological polar surface area (TPSA) is 45.6 Å². The van der Waals surface area contributed by atoms with Crippen molar-refractivity contribution in [1.29, 1.82) is 0 Å². The number of benzene rings is 1. The summed E-state index contributed by atoms with van der Waals surface area (Å²) in [5, 5.41) is 10.7. The summed E-state index contributed by atoms with van der Waals surface area (Å²) in [6, 6.07) is 6.17. The highest BCUT2D eigenvalue weighted by atomic mass is 32.1. The highest BCUT2D eigenvalue weighted by Gasteiger charge is 2.19. The van der Waals surface area contributed by atoms with Crippen LogP contribution in [0.15, 0.2) is 18.2 Å². The maximum atomic E-state index is 9.76. The largest absolute Gasteiger partial charge is 0.389 e. The number of ether oxygens (including phenoxy) is 1. The van der Waals surface area contributed by atoms with Crippen molar-refractivity contribution in [2.24, 2.45) is 0 Å². The van der Waals surface area contributed by atoms with Gasteiger partial charge in [0.05, 0.1) is 29.5 Å². The highest BCUT2D eigenvalue weighted by Crippen LogP contribution is 2.31. The smallest absolute Gasteiger partial charge is 0.186 e. The molecule has 0 bridgehead atoms. The Labute approximate surface area is 110 Å². The number of β-amino-alcohol motifs (C(OH)–C–C–N with tert-alkyl or cyclic N) is 1. The number of rotatable bonds is 1. The third kappa shape index (κ3) is 2.21. The van der Waals surface area contributed by atoms with E-state index in [0.717, 1.165) is 17.2 Å². The Bertz CT molecular complexity index is 555. The molecule has 1 saturated heterocycles. The predicted molar refractivity (Wildman–Crippen MR) is 73.4 cm³/mol. The Morgan fingerprint density at radius 3 is 3.22 bits per heavy atom. The van der Waals surface area contributed by atoms with Gasteiger partial charge in [-0.3, -0.25) is 0 Å². The molecule has 1 aromatic heterocycles. The molecular formula is C13H16N2O2S. The summed E-state index contributed by atoms with van der Waals surface area (Å²) in [6.45, 7) is 4.55. The first-order valence-electron chi connectivity index (χ1n) is 6.11. The van der Waals surface area contributed by atoms with Gasteiger partial charge in [0.25, 0.3) is 0 Å². The molecule has 5 heteroatoms. The van der Waals surface area contributed by atoms with Gasteiger partial charge in [-0.25, -0.2) is 4.98 Å². The second-order valence-corrected chi connectivity index (χ2v) is 5.57. The van der Waals surface area contributed by atoms with Crippen LogP contribution in [0.1, 0.15) is 5.56 Å². The van der Waals surface area contributed by atoms with Crippen LogP contribution in [-0.4, -0.2) is 42.5 Å². The van der Waals surface area contributed by atoms with E-state index in [-0.39, 0.29) is 0 Å². The zero-order valence-corrected chi connectivity index (χ0v) is 11.1. The lowest BCUT2D eigenvalue weighted by atomic mass is 10.2. The molecule has 1 N–H and O–H groups in total. The molecule has 1 aliphatic rings. The number of anilines is 1. The summed E-state index contributed by atoms with van der Waals surface area (Å²) in [5.74, 6) is 0. The van der Waals surface area contributed by atoms with Gasteiger partial charge >= 0.3 is 0 Å². The highest BCUT2D eigenvalue weighted by molar-refractivity contribution is 7.22. The van der Waals surface area contributed by atoms with Crippen LogP contribution in [0.25, 0.3) is 10.2 Å².